The summed E-state index contributed by atoms with van der Waals surface area (Å²) in [6.07, 6.45) is -1.90. The first-order valence-electron chi connectivity index (χ1n) is 12.4. The zero-order valence-electron chi connectivity index (χ0n) is 21.4. The summed E-state index contributed by atoms with van der Waals surface area (Å²) in [6, 6.07) is 7.96. The summed E-state index contributed by atoms with van der Waals surface area (Å²) in [6.45, 7) is 3.31. The quantitative estimate of drug-likeness (QED) is 0.326. The van der Waals surface area contributed by atoms with Crippen LogP contribution in [0.2, 0.25) is 0 Å². The number of fused-ring (bicyclic) bond motifs is 1. The summed E-state index contributed by atoms with van der Waals surface area (Å²) >= 11 is 0. The number of hydrogen-bond donors (Lipinski definition) is 5. The SMILES string of the molecule is CN/C=C1/NC(=O)C(c2nc3ccc(N4CCN(C)CC4)cc3[nH]2)=C(NCc2ncccc2C(F)(F)F)C1=N. The van der Waals surface area contributed by atoms with E-state index in [0.717, 1.165) is 37.9 Å². The van der Waals surface area contributed by atoms with Crippen LogP contribution >= 0.6 is 0 Å². The second-order valence-corrected chi connectivity index (χ2v) is 9.35. The highest BCUT2D eigenvalue weighted by molar-refractivity contribution is 6.33. The van der Waals surface area contributed by atoms with Crippen molar-refractivity contribution in [1.29, 1.82) is 5.41 Å². The third kappa shape index (κ3) is 5.30. The molecule has 5 rings (SSSR count). The molecule has 1 amide bonds. The fourth-order valence-corrected chi connectivity index (χ4v) is 4.66. The van der Waals surface area contributed by atoms with Crippen molar-refractivity contribution in [3.05, 3.63) is 71.2 Å². The van der Waals surface area contributed by atoms with Crippen LogP contribution in [0, 0.1) is 5.41 Å². The summed E-state index contributed by atoms with van der Waals surface area (Å²) in [4.78, 5) is 29.4. The van der Waals surface area contributed by atoms with Crippen LogP contribution in [0.3, 0.4) is 0 Å². The van der Waals surface area contributed by atoms with E-state index in [1.807, 2.05) is 18.2 Å². The number of rotatable bonds is 6. The molecule has 204 valence electrons. The number of hydrogen-bond acceptors (Lipinski definition) is 8. The van der Waals surface area contributed by atoms with E-state index in [9.17, 15) is 18.0 Å². The van der Waals surface area contributed by atoms with Crippen LogP contribution in [0.25, 0.3) is 16.6 Å². The molecule has 1 aromatic carbocycles. The molecule has 10 nitrogen and oxygen atoms in total. The Bertz CT molecular complexity index is 1480. The van der Waals surface area contributed by atoms with Crippen LogP contribution in [-0.2, 0) is 17.5 Å². The lowest BCUT2D eigenvalue weighted by molar-refractivity contribution is -0.138. The minimum atomic E-state index is -4.60. The standard InChI is InChI=1S/C26H28F3N9O/c1-31-13-20-22(30)23(33-14-19-16(26(27,28)29)4-3-7-32-19)21(25(39)36-20)24-34-17-6-5-15(12-18(17)35-24)38-10-8-37(2)9-11-38/h3-7,12-13,30-31,33H,8-11,14H2,1-2H3,(H,34,35)(H,36,39)/b20-13+,30-22?. The molecule has 2 aliphatic heterocycles. The molecule has 0 unspecified atom stereocenters. The Morgan fingerprint density at radius 2 is 1.95 bits per heavy atom. The van der Waals surface area contributed by atoms with E-state index in [0.29, 0.717) is 11.0 Å². The van der Waals surface area contributed by atoms with Crippen molar-refractivity contribution in [2.75, 3.05) is 45.2 Å². The molecule has 3 aromatic rings. The van der Waals surface area contributed by atoms with Crippen molar-refractivity contribution in [2.45, 2.75) is 12.7 Å². The van der Waals surface area contributed by atoms with Crippen LogP contribution < -0.4 is 20.9 Å². The van der Waals surface area contributed by atoms with Gasteiger partial charge in [-0.25, -0.2) is 4.98 Å². The van der Waals surface area contributed by atoms with Crippen LogP contribution in [0.5, 0.6) is 0 Å². The van der Waals surface area contributed by atoms with Crippen molar-refractivity contribution < 1.29 is 18.0 Å². The number of nitrogens with one attached hydrogen (secondary N) is 5. The number of alkyl halides is 3. The number of carbonyl (C=O) groups is 1. The third-order valence-corrected chi connectivity index (χ3v) is 6.73. The number of amides is 1. The molecule has 1 saturated heterocycles. The lowest BCUT2D eigenvalue weighted by Gasteiger charge is -2.34. The monoisotopic (exact) mass is 539 g/mol. The van der Waals surface area contributed by atoms with Crippen LogP contribution in [0.1, 0.15) is 17.1 Å². The van der Waals surface area contributed by atoms with Crippen LogP contribution in [-0.4, -0.2) is 71.7 Å². The maximum absolute atomic E-state index is 13.5. The van der Waals surface area contributed by atoms with E-state index in [2.05, 4.69) is 47.7 Å². The topological polar surface area (TPSA) is 125 Å². The number of imidazole rings is 1. The van der Waals surface area contributed by atoms with Crippen molar-refractivity contribution in [3.63, 3.8) is 0 Å². The van der Waals surface area contributed by atoms with Gasteiger partial charge >= 0.3 is 6.18 Å². The van der Waals surface area contributed by atoms with E-state index in [1.54, 1.807) is 7.05 Å². The number of piperazine rings is 1. The number of likely N-dealkylation sites (N-methyl/N-ethyl adjacent to an activating group) is 1. The molecule has 0 spiro atoms. The van der Waals surface area contributed by atoms with Crippen molar-refractivity contribution in [2.24, 2.45) is 0 Å². The van der Waals surface area contributed by atoms with E-state index < -0.39 is 17.6 Å². The summed E-state index contributed by atoms with van der Waals surface area (Å²) in [5.74, 6) is -0.351. The molecular weight excluding hydrogens is 511 g/mol. The normalized spacial score (nSPS) is 18.2. The molecule has 0 aliphatic carbocycles. The summed E-state index contributed by atoms with van der Waals surface area (Å²) in [7, 11) is 3.70. The van der Waals surface area contributed by atoms with Gasteiger partial charge in [0, 0.05) is 51.3 Å². The Morgan fingerprint density at radius 3 is 2.67 bits per heavy atom. The molecule has 2 aromatic heterocycles. The third-order valence-electron chi connectivity index (χ3n) is 6.73. The number of halogens is 3. The summed E-state index contributed by atoms with van der Waals surface area (Å²) in [5, 5.41) is 17.0. The molecule has 39 heavy (non-hydrogen) atoms. The largest absolute Gasteiger partial charge is 0.418 e. The second kappa shape index (κ2) is 10.4. The lowest BCUT2D eigenvalue weighted by Crippen LogP contribution is -2.44. The molecule has 2 aliphatic rings. The van der Waals surface area contributed by atoms with Gasteiger partial charge in [0.25, 0.3) is 5.91 Å². The molecule has 1 fully saturated rings. The maximum atomic E-state index is 13.5. The second-order valence-electron chi connectivity index (χ2n) is 9.35. The Hall–Kier alpha value is -4.39. The van der Waals surface area contributed by atoms with Crippen molar-refractivity contribution >= 4 is 33.9 Å². The van der Waals surface area contributed by atoms with Crippen LogP contribution in [0.4, 0.5) is 18.9 Å². The molecule has 0 bridgehead atoms. The first kappa shape index (κ1) is 26.2. The average Bonchev–Trinajstić information content (AvgIpc) is 3.32. The molecule has 13 heteroatoms. The number of anilines is 1. The predicted octanol–water partition coefficient (Wildman–Crippen LogP) is 2.44. The first-order valence-corrected chi connectivity index (χ1v) is 12.4. The van der Waals surface area contributed by atoms with Crippen molar-refractivity contribution in [3.8, 4) is 0 Å². The molecule has 0 atom stereocenters. The highest BCUT2D eigenvalue weighted by atomic mass is 19.4. The number of carbonyl (C=O) groups excluding carboxylic acids is 1. The summed E-state index contributed by atoms with van der Waals surface area (Å²) in [5.41, 5.74) is 1.32. The lowest BCUT2D eigenvalue weighted by atomic mass is 10.0. The van der Waals surface area contributed by atoms with Crippen LogP contribution in [0.15, 0.2) is 54.1 Å². The van der Waals surface area contributed by atoms with E-state index >= 15 is 0 Å². The van der Waals surface area contributed by atoms with Gasteiger partial charge in [-0.1, -0.05) is 0 Å². The molecule has 0 saturated carbocycles. The van der Waals surface area contributed by atoms with E-state index in [-0.39, 0.29) is 40.7 Å². The van der Waals surface area contributed by atoms with Gasteiger partial charge < -0.3 is 30.7 Å². The Morgan fingerprint density at radius 1 is 1.18 bits per heavy atom. The van der Waals surface area contributed by atoms with Gasteiger partial charge in [0.05, 0.1) is 40.2 Å². The maximum Gasteiger partial charge on any atom is 0.418 e. The smallest absolute Gasteiger partial charge is 0.392 e. The van der Waals surface area contributed by atoms with Gasteiger partial charge in [-0.15, -0.1) is 0 Å². The molecule has 4 heterocycles. The number of pyridine rings is 1. The van der Waals surface area contributed by atoms with Gasteiger partial charge in [0.15, 0.2) is 0 Å². The molecule has 0 radical (unpaired) electrons. The van der Waals surface area contributed by atoms with Gasteiger partial charge in [-0.05, 0) is 37.4 Å². The average molecular weight is 540 g/mol. The van der Waals surface area contributed by atoms with Crippen molar-refractivity contribution in [1.82, 2.24) is 35.8 Å². The fraction of sp³-hybridized carbons (Fsp3) is 0.308. The van der Waals surface area contributed by atoms with Gasteiger partial charge in [-0.3, -0.25) is 15.2 Å². The fourth-order valence-electron chi connectivity index (χ4n) is 4.66. The zero-order valence-corrected chi connectivity index (χ0v) is 21.4. The highest BCUT2D eigenvalue weighted by Crippen LogP contribution is 2.32. The molecule has 5 N–H and O–H groups in total. The predicted molar refractivity (Wildman–Crippen MR) is 142 cm³/mol. The molecular formula is C26H28F3N9O. The number of H-pyrrole nitrogens is 1. The Balaban J connectivity index is 1.53. The first-order chi connectivity index (χ1) is 18.7. The zero-order chi connectivity index (χ0) is 27.7. The minimum Gasteiger partial charge on any atom is -0.392 e. The summed E-state index contributed by atoms with van der Waals surface area (Å²) < 4.78 is 40.6. The highest BCUT2D eigenvalue weighted by Gasteiger charge is 2.35. The van der Waals surface area contributed by atoms with Gasteiger partial charge in [0.1, 0.15) is 17.1 Å². The van der Waals surface area contributed by atoms with E-state index in [1.165, 1.54) is 18.5 Å². The number of aromatic amines is 1. The van der Waals surface area contributed by atoms with Gasteiger partial charge in [0.2, 0.25) is 0 Å². The number of benzene rings is 1. The Labute approximate surface area is 222 Å². The Kier molecular flexibility index (Phi) is 7.00. The number of nitrogens with zero attached hydrogens (tertiary/aromatic N) is 4. The van der Waals surface area contributed by atoms with Gasteiger partial charge in [-0.2, -0.15) is 13.2 Å². The minimum absolute atomic E-state index is 0.0232. The number of aromatic nitrogens is 3. The van der Waals surface area contributed by atoms with E-state index in [4.69, 9.17) is 5.41 Å².